The molecule has 1 amide bonds. The summed E-state index contributed by atoms with van der Waals surface area (Å²) >= 11 is 6.02. The number of halogens is 1. The third kappa shape index (κ3) is 3.10. The molecule has 132 valence electrons. The highest BCUT2D eigenvalue weighted by Crippen LogP contribution is 2.33. The molecule has 0 spiro atoms. The van der Waals surface area contributed by atoms with Gasteiger partial charge in [0.2, 0.25) is 5.91 Å². The van der Waals surface area contributed by atoms with E-state index in [1.165, 1.54) is 0 Å². The van der Waals surface area contributed by atoms with Gasteiger partial charge in [-0.2, -0.15) is 4.98 Å². The summed E-state index contributed by atoms with van der Waals surface area (Å²) in [6.07, 6.45) is 1.26. The van der Waals surface area contributed by atoms with E-state index < -0.39 is 0 Å². The van der Waals surface area contributed by atoms with Crippen LogP contribution in [0.25, 0.3) is 11.5 Å². The van der Waals surface area contributed by atoms with Gasteiger partial charge >= 0.3 is 0 Å². The quantitative estimate of drug-likeness (QED) is 0.682. The van der Waals surface area contributed by atoms with Gasteiger partial charge in [-0.25, -0.2) is 0 Å². The molecule has 1 saturated heterocycles. The Morgan fingerprint density at radius 2 is 2.08 bits per heavy atom. The van der Waals surface area contributed by atoms with Gasteiger partial charge in [0.15, 0.2) is 5.82 Å². The number of para-hydroxylation sites is 1. The zero-order valence-corrected chi connectivity index (χ0v) is 15.1. The third-order valence-electron chi connectivity index (χ3n) is 4.67. The highest BCUT2D eigenvalue weighted by Gasteiger charge is 2.35. The SMILES string of the molecule is CCc1ccccc1N1CC(c2noc(-c3cccc(Cl)c3)n2)CC1=O. The fourth-order valence-electron chi connectivity index (χ4n) is 3.33. The minimum atomic E-state index is -0.0795. The molecule has 3 aromatic rings. The Labute approximate surface area is 156 Å². The summed E-state index contributed by atoms with van der Waals surface area (Å²) in [4.78, 5) is 18.9. The molecule has 4 rings (SSSR count). The molecule has 2 heterocycles. The van der Waals surface area contributed by atoms with Gasteiger partial charge in [0.25, 0.3) is 5.89 Å². The van der Waals surface area contributed by atoms with Crippen molar-refractivity contribution in [3.8, 4) is 11.5 Å². The molecule has 1 atom stereocenters. The van der Waals surface area contributed by atoms with Gasteiger partial charge in [-0.15, -0.1) is 0 Å². The van der Waals surface area contributed by atoms with E-state index in [0.717, 1.165) is 23.2 Å². The first-order valence-electron chi connectivity index (χ1n) is 8.63. The molecule has 0 N–H and O–H groups in total. The predicted molar refractivity (Wildman–Crippen MR) is 100 cm³/mol. The minimum absolute atomic E-state index is 0.0795. The molecule has 0 saturated carbocycles. The number of anilines is 1. The van der Waals surface area contributed by atoms with Crippen molar-refractivity contribution < 1.29 is 9.32 Å². The average Bonchev–Trinajstić information content (AvgIpc) is 3.28. The highest BCUT2D eigenvalue weighted by atomic mass is 35.5. The van der Waals surface area contributed by atoms with Crippen molar-refractivity contribution in [3.05, 3.63) is 64.9 Å². The first-order valence-corrected chi connectivity index (χ1v) is 9.01. The van der Waals surface area contributed by atoms with Crippen LogP contribution in [-0.2, 0) is 11.2 Å². The zero-order valence-electron chi connectivity index (χ0n) is 14.4. The first kappa shape index (κ1) is 16.8. The molecule has 1 aromatic heterocycles. The van der Waals surface area contributed by atoms with E-state index in [2.05, 4.69) is 23.1 Å². The van der Waals surface area contributed by atoms with E-state index in [0.29, 0.717) is 29.7 Å². The highest BCUT2D eigenvalue weighted by molar-refractivity contribution is 6.30. The van der Waals surface area contributed by atoms with Crippen LogP contribution in [0, 0.1) is 0 Å². The Morgan fingerprint density at radius 1 is 1.23 bits per heavy atom. The van der Waals surface area contributed by atoms with E-state index in [4.69, 9.17) is 16.1 Å². The molecule has 0 bridgehead atoms. The molecule has 0 aliphatic carbocycles. The summed E-state index contributed by atoms with van der Waals surface area (Å²) in [5.41, 5.74) is 2.91. The van der Waals surface area contributed by atoms with Gasteiger partial charge < -0.3 is 9.42 Å². The van der Waals surface area contributed by atoms with Gasteiger partial charge in [-0.3, -0.25) is 4.79 Å². The van der Waals surface area contributed by atoms with Crippen molar-refractivity contribution in [2.24, 2.45) is 0 Å². The Hall–Kier alpha value is -2.66. The number of hydrogen-bond donors (Lipinski definition) is 0. The number of rotatable bonds is 4. The molecule has 1 fully saturated rings. The zero-order chi connectivity index (χ0) is 18.1. The van der Waals surface area contributed by atoms with E-state index in [9.17, 15) is 4.79 Å². The number of nitrogens with zero attached hydrogens (tertiary/aromatic N) is 3. The summed E-state index contributed by atoms with van der Waals surface area (Å²) in [5, 5.41) is 4.71. The average molecular weight is 368 g/mol. The maximum Gasteiger partial charge on any atom is 0.257 e. The van der Waals surface area contributed by atoms with Crippen LogP contribution in [0.15, 0.2) is 53.1 Å². The normalized spacial score (nSPS) is 17.1. The smallest absolute Gasteiger partial charge is 0.257 e. The lowest BCUT2D eigenvalue weighted by molar-refractivity contribution is -0.117. The second-order valence-corrected chi connectivity index (χ2v) is 6.79. The number of carbonyl (C=O) groups excluding carboxylic acids is 1. The van der Waals surface area contributed by atoms with E-state index >= 15 is 0 Å². The number of aromatic nitrogens is 2. The van der Waals surface area contributed by atoms with Gasteiger partial charge in [-0.1, -0.05) is 47.9 Å². The number of aryl methyl sites for hydroxylation is 1. The monoisotopic (exact) mass is 367 g/mol. The molecular formula is C20H18ClN3O2. The summed E-state index contributed by atoms with van der Waals surface area (Å²) < 4.78 is 5.39. The Balaban J connectivity index is 1.58. The fourth-order valence-corrected chi connectivity index (χ4v) is 3.52. The summed E-state index contributed by atoms with van der Waals surface area (Å²) in [7, 11) is 0. The van der Waals surface area contributed by atoms with E-state index in [1.807, 2.05) is 35.2 Å². The molecular weight excluding hydrogens is 350 g/mol. The summed E-state index contributed by atoms with van der Waals surface area (Å²) in [5.74, 6) is 0.987. The summed E-state index contributed by atoms with van der Waals surface area (Å²) in [6, 6.07) is 15.3. The molecule has 26 heavy (non-hydrogen) atoms. The topological polar surface area (TPSA) is 59.2 Å². The van der Waals surface area contributed by atoms with Crippen LogP contribution in [0.3, 0.4) is 0 Å². The van der Waals surface area contributed by atoms with Crippen LogP contribution < -0.4 is 4.90 Å². The van der Waals surface area contributed by atoms with E-state index in [-0.39, 0.29) is 11.8 Å². The van der Waals surface area contributed by atoms with Crippen molar-refractivity contribution in [1.29, 1.82) is 0 Å². The van der Waals surface area contributed by atoms with Crippen molar-refractivity contribution >= 4 is 23.2 Å². The van der Waals surface area contributed by atoms with Gasteiger partial charge in [0, 0.05) is 35.2 Å². The number of hydrogen-bond acceptors (Lipinski definition) is 4. The van der Waals surface area contributed by atoms with E-state index in [1.54, 1.807) is 12.1 Å². The van der Waals surface area contributed by atoms with Gasteiger partial charge in [0.1, 0.15) is 0 Å². The molecule has 0 radical (unpaired) electrons. The maximum absolute atomic E-state index is 12.6. The third-order valence-corrected chi connectivity index (χ3v) is 4.90. The standard InChI is InChI=1S/C20H18ClN3O2/c1-2-13-6-3-4-9-17(13)24-12-15(11-18(24)25)19-22-20(26-23-19)14-7-5-8-16(21)10-14/h3-10,15H,2,11-12H2,1H3. The van der Waals surface area contributed by atoms with Crippen LogP contribution in [0.5, 0.6) is 0 Å². The Bertz CT molecular complexity index is 953. The van der Waals surface area contributed by atoms with Gasteiger partial charge in [-0.05, 0) is 36.2 Å². The number of carbonyl (C=O) groups is 1. The van der Waals surface area contributed by atoms with Crippen LogP contribution in [0.4, 0.5) is 5.69 Å². The minimum Gasteiger partial charge on any atom is -0.334 e. The second kappa shape index (κ2) is 6.92. The Morgan fingerprint density at radius 3 is 2.88 bits per heavy atom. The van der Waals surface area contributed by atoms with Crippen molar-refractivity contribution in [2.75, 3.05) is 11.4 Å². The van der Waals surface area contributed by atoms with Crippen LogP contribution in [0.2, 0.25) is 5.02 Å². The van der Waals surface area contributed by atoms with Crippen molar-refractivity contribution in [3.63, 3.8) is 0 Å². The lowest BCUT2D eigenvalue weighted by Gasteiger charge is -2.19. The first-order chi connectivity index (χ1) is 12.7. The lowest BCUT2D eigenvalue weighted by Crippen LogP contribution is -2.25. The number of benzene rings is 2. The van der Waals surface area contributed by atoms with Crippen molar-refractivity contribution in [1.82, 2.24) is 10.1 Å². The molecule has 2 aromatic carbocycles. The second-order valence-electron chi connectivity index (χ2n) is 6.36. The fraction of sp³-hybridized carbons (Fsp3) is 0.250. The molecule has 6 heteroatoms. The van der Waals surface area contributed by atoms with Crippen molar-refractivity contribution in [2.45, 2.75) is 25.7 Å². The molecule has 1 aliphatic heterocycles. The van der Waals surface area contributed by atoms with Crippen LogP contribution in [0.1, 0.15) is 30.7 Å². The lowest BCUT2D eigenvalue weighted by atomic mass is 10.1. The molecule has 1 aliphatic rings. The largest absolute Gasteiger partial charge is 0.334 e. The van der Waals surface area contributed by atoms with Crippen LogP contribution >= 0.6 is 11.6 Å². The Kier molecular flexibility index (Phi) is 4.47. The van der Waals surface area contributed by atoms with Gasteiger partial charge in [0.05, 0.1) is 0 Å². The summed E-state index contributed by atoms with van der Waals surface area (Å²) in [6.45, 7) is 2.65. The maximum atomic E-state index is 12.6. The molecule has 1 unspecified atom stereocenters. The molecule has 5 nitrogen and oxygen atoms in total. The number of amides is 1. The predicted octanol–water partition coefficient (Wildman–Crippen LogP) is 4.47. The van der Waals surface area contributed by atoms with Crippen LogP contribution in [-0.4, -0.2) is 22.6 Å².